The van der Waals surface area contributed by atoms with Crippen LogP contribution in [-0.2, 0) is 23.1 Å². The normalized spacial score (nSPS) is 19.6. The third-order valence-corrected chi connectivity index (χ3v) is 9.05. The first kappa shape index (κ1) is 25.7. The molecule has 3 heterocycles. The van der Waals surface area contributed by atoms with Crippen LogP contribution >= 0.6 is 0 Å². The average molecular weight is 534 g/mol. The fourth-order valence-electron chi connectivity index (χ4n) is 5.62. The van der Waals surface area contributed by atoms with Crippen LogP contribution in [0, 0.1) is 5.92 Å². The Labute approximate surface area is 214 Å². The topological polar surface area (TPSA) is 82.2 Å². The van der Waals surface area contributed by atoms with Crippen LogP contribution in [0.15, 0.2) is 55.1 Å². The zero-order valence-electron chi connectivity index (χ0n) is 20.4. The van der Waals surface area contributed by atoms with Crippen LogP contribution in [-0.4, -0.2) is 45.8 Å². The standard InChI is InChI=1S/C26H30F3N5O2S/c27-26(28,29)37(35,36)33-16-21(12-11-19-6-1-2-7-19)34(15-20-14-30-18-32-20)25-10-5-8-22(23(25)17-33)24-9-3-4-13-31-24/h3-5,8-10,13-14,18-19,21H,1-2,6-7,11-12,15-17H2,(H,30,32)/t21-/m1/s1. The van der Waals surface area contributed by atoms with Crippen molar-refractivity contribution in [3.63, 3.8) is 0 Å². The summed E-state index contributed by atoms with van der Waals surface area (Å²) < 4.78 is 67.7. The SMILES string of the molecule is O=S(=O)(N1Cc2c(-c3ccccn3)cccc2N(Cc2cnc[nH]2)[C@H](CCC2CCCC2)C1)C(F)(F)F. The predicted molar refractivity (Wildman–Crippen MR) is 135 cm³/mol. The van der Waals surface area contributed by atoms with Crippen LogP contribution in [0.2, 0.25) is 0 Å². The monoisotopic (exact) mass is 533 g/mol. The second-order valence-electron chi connectivity index (χ2n) is 9.85. The maximum absolute atomic E-state index is 13.8. The van der Waals surface area contributed by atoms with Crippen molar-refractivity contribution in [2.75, 3.05) is 11.4 Å². The van der Waals surface area contributed by atoms with E-state index in [0.717, 1.165) is 37.8 Å². The molecule has 1 aliphatic carbocycles. The van der Waals surface area contributed by atoms with E-state index in [0.29, 0.717) is 45.7 Å². The molecule has 0 spiro atoms. The van der Waals surface area contributed by atoms with Crippen molar-refractivity contribution in [1.29, 1.82) is 0 Å². The zero-order valence-corrected chi connectivity index (χ0v) is 21.2. The molecule has 5 rings (SSSR count). The fraction of sp³-hybridized carbons (Fsp3) is 0.462. The summed E-state index contributed by atoms with van der Waals surface area (Å²) in [5.41, 5.74) is -2.17. The molecule has 1 aromatic carbocycles. The van der Waals surface area contributed by atoms with Crippen molar-refractivity contribution in [3.8, 4) is 11.3 Å². The number of benzene rings is 1. The summed E-state index contributed by atoms with van der Waals surface area (Å²) >= 11 is 0. The number of nitrogens with zero attached hydrogens (tertiary/aromatic N) is 4. The number of anilines is 1. The predicted octanol–water partition coefficient (Wildman–Crippen LogP) is 5.48. The Hall–Kier alpha value is -2.92. The van der Waals surface area contributed by atoms with Crippen molar-refractivity contribution in [2.45, 2.75) is 63.2 Å². The van der Waals surface area contributed by atoms with E-state index < -0.39 is 21.6 Å². The number of pyridine rings is 1. The Morgan fingerprint density at radius 1 is 1.05 bits per heavy atom. The minimum Gasteiger partial charge on any atom is -0.361 e. The van der Waals surface area contributed by atoms with Gasteiger partial charge in [-0.3, -0.25) is 4.98 Å². The third-order valence-electron chi connectivity index (χ3n) is 7.50. The molecule has 0 bridgehead atoms. The van der Waals surface area contributed by atoms with Crippen LogP contribution in [0.1, 0.15) is 49.8 Å². The molecule has 0 amide bonds. The van der Waals surface area contributed by atoms with Crippen molar-refractivity contribution in [3.05, 3.63) is 66.4 Å². The van der Waals surface area contributed by atoms with Crippen molar-refractivity contribution in [2.24, 2.45) is 5.92 Å². The van der Waals surface area contributed by atoms with Gasteiger partial charge in [0.25, 0.3) is 0 Å². The molecule has 1 aliphatic heterocycles. The lowest BCUT2D eigenvalue weighted by molar-refractivity contribution is -0.0492. The smallest absolute Gasteiger partial charge is 0.361 e. The minimum atomic E-state index is -5.55. The maximum Gasteiger partial charge on any atom is 0.511 e. The molecule has 11 heteroatoms. The highest BCUT2D eigenvalue weighted by atomic mass is 32.2. The number of fused-ring (bicyclic) bond motifs is 1. The number of hydrogen-bond acceptors (Lipinski definition) is 5. The number of aromatic nitrogens is 3. The molecule has 2 aliphatic rings. The number of hydrogen-bond donors (Lipinski definition) is 1. The first-order valence-electron chi connectivity index (χ1n) is 12.6. The van der Waals surface area contributed by atoms with Gasteiger partial charge in [-0.2, -0.15) is 17.5 Å². The molecule has 1 atom stereocenters. The Morgan fingerprint density at radius 2 is 1.86 bits per heavy atom. The third kappa shape index (κ3) is 5.38. The van der Waals surface area contributed by atoms with Gasteiger partial charge in [-0.1, -0.05) is 43.9 Å². The second-order valence-corrected chi connectivity index (χ2v) is 11.8. The fourth-order valence-corrected chi connectivity index (χ4v) is 6.58. The Kier molecular flexibility index (Phi) is 7.26. The molecular formula is C26H30F3N5O2S. The summed E-state index contributed by atoms with van der Waals surface area (Å²) in [7, 11) is -5.55. The van der Waals surface area contributed by atoms with Crippen LogP contribution in [0.3, 0.4) is 0 Å². The Morgan fingerprint density at radius 3 is 2.54 bits per heavy atom. The lowest BCUT2D eigenvalue weighted by atomic mass is 9.96. The quantitative estimate of drug-likeness (QED) is 0.435. The van der Waals surface area contributed by atoms with Crippen LogP contribution < -0.4 is 4.90 Å². The molecule has 1 saturated carbocycles. The number of halogens is 3. The number of sulfonamides is 1. The number of imidazole rings is 1. The van der Waals surface area contributed by atoms with E-state index >= 15 is 0 Å². The van der Waals surface area contributed by atoms with Gasteiger partial charge in [-0.25, -0.2) is 13.4 Å². The summed E-state index contributed by atoms with van der Waals surface area (Å²) in [6.07, 6.45) is 10.8. The van der Waals surface area contributed by atoms with Gasteiger partial charge in [-0.15, -0.1) is 0 Å². The first-order valence-corrected chi connectivity index (χ1v) is 14.0. The summed E-state index contributed by atoms with van der Waals surface area (Å²) in [5, 5.41) is 0. The van der Waals surface area contributed by atoms with E-state index in [-0.39, 0.29) is 13.1 Å². The summed E-state index contributed by atoms with van der Waals surface area (Å²) in [5.74, 6) is 0.518. The molecule has 37 heavy (non-hydrogen) atoms. The van der Waals surface area contributed by atoms with Crippen LogP contribution in [0.4, 0.5) is 18.9 Å². The van der Waals surface area contributed by atoms with Crippen molar-refractivity contribution in [1.82, 2.24) is 19.3 Å². The minimum absolute atomic E-state index is 0.251. The van der Waals surface area contributed by atoms with Gasteiger partial charge in [-0.05, 0) is 37.0 Å². The van der Waals surface area contributed by atoms with Gasteiger partial charge in [0.05, 0.1) is 24.3 Å². The number of rotatable bonds is 7. The summed E-state index contributed by atoms with van der Waals surface area (Å²) in [6.45, 7) is -0.268. The molecule has 0 saturated heterocycles. The van der Waals surface area contributed by atoms with Gasteiger partial charge in [0.2, 0.25) is 0 Å². The Bertz CT molecular complexity index is 1290. The molecule has 3 aromatic rings. The van der Waals surface area contributed by atoms with E-state index in [1.807, 2.05) is 12.1 Å². The van der Waals surface area contributed by atoms with E-state index in [9.17, 15) is 21.6 Å². The number of aromatic amines is 1. The average Bonchev–Trinajstić information content (AvgIpc) is 3.56. The highest BCUT2D eigenvalue weighted by Crippen LogP contribution is 2.40. The van der Waals surface area contributed by atoms with Gasteiger partial charge < -0.3 is 9.88 Å². The summed E-state index contributed by atoms with van der Waals surface area (Å²) in [6, 6.07) is 10.4. The molecule has 7 nitrogen and oxygen atoms in total. The van der Waals surface area contributed by atoms with Gasteiger partial charge >= 0.3 is 15.5 Å². The molecule has 2 aromatic heterocycles. The first-order chi connectivity index (χ1) is 17.7. The second kappa shape index (κ2) is 10.4. The molecular weight excluding hydrogens is 503 g/mol. The van der Waals surface area contributed by atoms with Crippen molar-refractivity contribution < 1.29 is 21.6 Å². The highest BCUT2D eigenvalue weighted by Gasteiger charge is 2.51. The lowest BCUT2D eigenvalue weighted by Crippen LogP contribution is -2.47. The molecule has 0 radical (unpaired) electrons. The largest absolute Gasteiger partial charge is 0.511 e. The van der Waals surface area contributed by atoms with Gasteiger partial charge in [0.1, 0.15) is 0 Å². The number of alkyl halides is 3. The van der Waals surface area contributed by atoms with E-state index in [1.54, 1.807) is 43.0 Å². The summed E-state index contributed by atoms with van der Waals surface area (Å²) in [4.78, 5) is 13.7. The molecule has 0 unspecified atom stereocenters. The van der Waals surface area contributed by atoms with E-state index in [2.05, 4.69) is 19.9 Å². The number of nitrogens with one attached hydrogen (secondary N) is 1. The van der Waals surface area contributed by atoms with Gasteiger partial charge in [0, 0.05) is 48.3 Å². The van der Waals surface area contributed by atoms with Crippen LogP contribution in [0.5, 0.6) is 0 Å². The maximum atomic E-state index is 13.8. The Balaban J connectivity index is 1.63. The van der Waals surface area contributed by atoms with Gasteiger partial charge in [0.15, 0.2) is 0 Å². The zero-order chi connectivity index (χ0) is 26.0. The highest BCUT2D eigenvalue weighted by molar-refractivity contribution is 7.89. The number of H-pyrrole nitrogens is 1. The van der Waals surface area contributed by atoms with E-state index in [1.165, 1.54) is 0 Å². The lowest BCUT2D eigenvalue weighted by Gasteiger charge is -2.34. The van der Waals surface area contributed by atoms with Crippen LogP contribution in [0.25, 0.3) is 11.3 Å². The molecule has 1 N–H and O–H groups in total. The van der Waals surface area contributed by atoms with E-state index in [4.69, 9.17) is 0 Å². The molecule has 198 valence electrons. The van der Waals surface area contributed by atoms with Crippen molar-refractivity contribution >= 4 is 15.7 Å². The molecule has 1 fully saturated rings.